The van der Waals surface area contributed by atoms with E-state index < -0.39 is 0 Å². The van der Waals surface area contributed by atoms with Gasteiger partial charge in [-0.3, -0.25) is 10.1 Å². The number of nitrogens with zero attached hydrogens (tertiary/aromatic N) is 1. The van der Waals surface area contributed by atoms with Gasteiger partial charge in [-0.25, -0.2) is 0 Å². The Morgan fingerprint density at radius 2 is 2.19 bits per heavy atom. The van der Waals surface area contributed by atoms with Crippen LogP contribution in [0, 0.1) is 10.1 Å². The minimum absolute atomic E-state index is 0.0359. The topological polar surface area (TPSA) is 52.4 Å². The lowest BCUT2D eigenvalue weighted by molar-refractivity contribution is -0.385. The molecule has 1 unspecified atom stereocenters. The van der Waals surface area contributed by atoms with Gasteiger partial charge < -0.3 is 4.74 Å². The molecule has 0 spiro atoms. The van der Waals surface area contributed by atoms with Crippen molar-refractivity contribution >= 4 is 17.4 Å². The molecule has 0 aliphatic carbocycles. The third-order valence-electron chi connectivity index (χ3n) is 2.23. The van der Waals surface area contributed by atoms with E-state index >= 15 is 0 Å². The lowest BCUT2D eigenvalue weighted by atomic mass is 10.0. The Balaban J connectivity index is 2.74. The molecule has 0 amide bonds. The molecule has 0 saturated heterocycles. The number of thioether (sulfide) groups is 1. The minimum Gasteiger partial charge on any atom is -0.370 e. The highest BCUT2D eigenvalue weighted by atomic mass is 32.2. The summed E-state index contributed by atoms with van der Waals surface area (Å²) < 4.78 is 5.37. The fourth-order valence-corrected chi connectivity index (χ4v) is 1.73. The fraction of sp³-hybridized carbons (Fsp3) is 0.455. The van der Waals surface area contributed by atoms with E-state index in [0.717, 1.165) is 5.56 Å². The maximum atomic E-state index is 10.8. The van der Waals surface area contributed by atoms with Crippen molar-refractivity contribution in [3.63, 3.8) is 0 Å². The third kappa shape index (κ3) is 3.50. The van der Waals surface area contributed by atoms with Crippen LogP contribution in [0.1, 0.15) is 18.4 Å². The van der Waals surface area contributed by atoms with Crippen molar-refractivity contribution in [2.75, 3.05) is 18.8 Å². The van der Waals surface area contributed by atoms with Crippen LogP contribution in [0.15, 0.2) is 24.3 Å². The SMILES string of the molecule is CSCOCC(C)c1ccccc1[N+](=O)[O-]. The molecule has 4 nitrogen and oxygen atoms in total. The molecule has 88 valence electrons. The molecule has 0 heterocycles. The first kappa shape index (κ1) is 13.0. The molecule has 1 atom stereocenters. The van der Waals surface area contributed by atoms with Crippen molar-refractivity contribution in [3.05, 3.63) is 39.9 Å². The van der Waals surface area contributed by atoms with Gasteiger partial charge in [-0.1, -0.05) is 25.1 Å². The van der Waals surface area contributed by atoms with Crippen LogP contribution in [0.2, 0.25) is 0 Å². The van der Waals surface area contributed by atoms with Gasteiger partial charge in [0.1, 0.15) is 0 Å². The molecule has 0 aromatic heterocycles. The first-order valence-corrected chi connectivity index (χ1v) is 6.36. The average Bonchev–Trinajstić information content (AvgIpc) is 2.29. The molecular formula is C11H15NO3S. The largest absolute Gasteiger partial charge is 0.370 e. The summed E-state index contributed by atoms with van der Waals surface area (Å²) in [5, 5.41) is 10.8. The second-order valence-electron chi connectivity index (χ2n) is 3.49. The average molecular weight is 241 g/mol. The van der Waals surface area contributed by atoms with Crippen molar-refractivity contribution in [2.24, 2.45) is 0 Å². The van der Waals surface area contributed by atoms with E-state index in [2.05, 4.69) is 0 Å². The number of nitro benzene ring substituents is 1. The summed E-state index contributed by atoms with van der Waals surface area (Å²) in [5.74, 6) is 0.652. The zero-order valence-corrected chi connectivity index (χ0v) is 10.2. The van der Waals surface area contributed by atoms with Crippen LogP contribution in [-0.4, -0.2) is 23.7 Å². The normalized spacial score (nSPS) is 12.4. The number of hydrogen-bond donors (Lipinski definition) is 0. The van der Waals surface area contributed by atoms with E-state index in [-0.39, 0.29) is 16.5 Å². The Morgan fingerprint density at radius 3 is 2.81 bits per heavy atom. The van der Waals surface area contributed by atoms with Crippen molar-refractivity contribution in [1.82, 2.24) is 0 Å². The molecule has 1 aromatic carbocycles. The lowest BCUT2D eigenvalue weighted by Gasteiger charge is -2.11. The highest BCUT2D eigenvalue weighted by Gasteiger charge is 2.17. The number of benzene rings is 1. The molecule has 0 aliphatic rings. The maximum Gasteiger partial charge on any atom is 0.272 e. The smallest absolute Gasteiger partial charge is 0.272 e. The Morgan fingerprint density at radius 1 is 1.50 bits per heavy atom. The highest BCUT2D eigenvalue weighted by Crippen LogP contribution is 2.26. The minimum atomic E-state index is -0.347. The summed E-state index contributed by atoms with van der Waals surface area (Å²) in [6.45, 7) is 2.44. The van der Waals surface area contributed by atoms with E-state index in [0.29, 0.717) is 12.5 Å². The summed E-state index contributed by atoms with van der Waals surface area (Å²) >= 11 is 1.59. The van der Waals surface area contributed by atoms with Crippen LogP contribution >= 0.6 is 11.8 Å². The number of hydrogen-bond acceptors (Lipinski definition) is 4. The van der Waals surface area contributed by atoms with Gasteiger partial charge in [0.05, 0.1) is 17.5 Å². The van der Waals surface area contributed by atoms with E-state index in [4.69, 9.17) is 4.74 Å². The first-order chi connectivity index (χ1) is 7.66. The van der Waals surface area contributed by atoms with Gasteiger partial charge in [-0.2, -0.15) is 0 Å². The highest BCUT2D eigenvalue weighted by molar-refractivity contribution is 7.98. The second kappa shape index (κ2) is 6.50. The van der Waals surface area contributed by atoms with Crippen molar-refractivity contribution in [1.29, 1.82) is 0 Å². The van der Waals surface area contributed by atoms with Crippen molar-refractivity contribution < 1.29 is 9.66 Å². The van der Waals surface area contributed by atoms with Crippen molar-refractivity contribution in [2.45, 2.75) is 12.8 Å². The number of para-hydroxylation sites is 1. The zero-order valence-electron chi connectivity index (χ0n) is 9.38. The molecular weight excluding hydrogens is 226 g/mol. The number of rotatable bonds is 6. The van der Waals surface area contributed by atoms with Crippen LogP contribution in [0.25, 0.3) is 0 Å². The van der Waals surface area contributed by atoms with Crippen LogP contribution in [0.4, 0.5) is 5.69 Å². The Hall–Kier alpha value is -1.07. The van der Waals surface area contributed by atoms with Gasteiger partial charge in [-0.15, -0.1) is 11.8 Å². The standard InChI is InChI=1S/C11H15NO3S/c1-9(7-15-8-16-2)10-5-3-4-6-11(10)12(13)14/h3-6,9H,7-8H2,1-2H3. The monoisotopic (exact) mass is 241 g/mol. The Bertz CT molecular complexity index is 357. The predicted octanol–water partition coefficient (Wildman–Crippen LogP) is 3.04. The van der Waals surface area contributed by atoms with Gasteiger partial charge in [0.15, 0.2) is 0 Å². The molecule has 5 heteroatoms. The van der Waals surface area contributed by atoms with Crippen LogP contribution in [0.3, 0.4) is 0 Å². The first-order valence-electron chi connectivity index (χ1n) is 4.96. The quantitative estimate of drug-likeness (QED) is 0.332. The second-order valence-corrected chi connectivity index (χ2v) is 4.31. The summed E-state index contributed by atoms with van der Waals surface area (Å²) in [5.41, 5.74) is 0.899. The summed E-state index contributed by atoms with van der Waals surface area (Å²) in [6, 6.07) is 6.80. The molecule has 16 heavy (non-hydrogen) atoms. The molecule has 0 fully saturated rings. The van der Waals surface area contributed by atoms with Crippen molar-refractivity contribution in [3.8, 4) is 0 Å². The molecule has 0 saturated carbocycles. The van der Waals surface area contributed by atoms with Crippen LogP contribution < -0.4 is 0 Å². The van der Waals surface area contributed by atoms with Gasteiger partial charge in [0, 0.05) is 17.5 Å². The molecule has 0 bridgehead atoms. The van der Waals surface area contributed by atoms with Gasteiger partial charge in [0.25, 0.3) is 5.69 Å². The molecule has 0 N–H and O–H groups in total. The maximum absolute atomic E-state index is 10.8. The summed E-state index contributed by atoms with van der Waals surface area (Å²) in [6.07, 6.45) is 1.95. The third-order valence-corrected chi connectivity index (χ3v) is 2.64. The lowest BCUT2D eigenvalue weighted by Crippen LogP contribution is -2.06. The number of nitro groups is 1. The Kier molecular flexibility index (Phi) is 5.28. The molecule has 0 radical (unpaired) electrons. The molecule has 1 aromatic rings. The summed E-state index contributed by atoms with van der Waals surface area (Å²) in [7, 11) is 0. The van der Waals surface area contributed by atoms with E-state index in [9.17, 15) is 10.1 Å². The number of ether oxygens (including phenoxy) is 1. The molecule has 0 aliphatic heterocycles. The van der Waals surface area contributed by atoms with Gasteiger partial charge >= 0.3 is 0 Å². The van der Waals surface area contributed by atoms with Crippen LogP contribution in [-0.2, 0) is 4.74 Å². The van der Waals surface area contributed by atoms with E-state index in [1.54, 1.807) is 23.9 Å². The zero-order chi connectivity index (χ0) is 12.0. The predicted molar refractivity (Wildman–Crippen MR) is 65.8 cm³/mol. The Labute approximate surface area is 99.1 Å². The fourth-order valence-electron chi connectivity index (χ4n) is 1.47. The van der Waals surface area contributed by atoms with E-state index in [1.165, 1.54) is 6.07 Å². The van der Waals surface area contributed by atoms with Gasteiger partial charge in [0.2, 0.25) is 0 Å². The van der Waals surface area contributed by atoms with Gasteiger partial charge in [-0.05, 0) is 6.26 Å². The van der Waals surface area contributed by atoms with Crippen LogP contribution in [0.5, 0.6) is 0 Å². The molecule has 1 rings (SSSR count). The summed E-state index contributed by atoms with van der Waals surface area (Å²) in [4.78, 5) is 10.5. The van der Waals surface area contributed by atoms with E-state index in [1.807, 2.05) is 19.2 Å².